The summed E-state index contributed by atoms with van der Waals surface area (Å²) < 4.78 is 0. The van der Waals surface area contributed by atoms with Gasteiger partial charge in [0.05, 0.1) is 6.04 Å². The minimum absolute atomic E-state index is 0. The molecule has 25 heavy (non-hydrogen) atoms. The smallest absolute Gasteiger partial charge is 0.220 e. The van der Waals surface area contributed by atoms with Crippen LogP contribution >= 0.6 is 12.4 Å². The van der Waals surface area contributed by atoms with E-state index < -0.39 is 0 Å². The quantitative estimate of drug-likeness (QED) is 0.777. The molecule has 2 N–H and O–H groups in total. The lowest BCUT2D eigenvalue weighted by molar-refractivity contribution is -0.123. The van der Waals surface area contributed by atoms with Crippen LogP contribution in [0.4, 0.5) is 0 Å². The number of carbonyl (C=O) groups excluding carboxylic acids is 1. The van der Waals surface area contributed by atoms with E-state index in [0.717, 1.165) is 6.42 Å². The molecule has 3 nitrogen and oxygen atoms in total. The molecule has 2 saturated heterocycles. The Balaban J connectivity index is 0.00000225. The van der Waals surface area contributed by atoms with Gasteiger partial charge in [-0.05, 0) is 62.0 Å². The third-order valence-corrected chi connectivity index (χ3v) is 5.65. The summed E-state index contributed by atoms with van der Waals surface area (Å²) in [6.07, 6.45) is 6.61. The molecule has 2 bridgehead atoms. The van der Waals surface area contributed by atoms with E-state index in [1.54, 1.807) is 0 Å². The van der Waals surface area contributed by atoms with E-state index in [-0.39, 0.29) is 24.4 Å². The van der Waals surface area contributed by atoms with E-state index in [9.17, 15) is 4.79 Å². The van der Waals surface area contributed by atoms with E-state index in [1.807, 2.05) is 0 Å². The summed E-state index contributed by atoms with van der Waals surface area (Å²) in [5, 5.41) is 7.01. The number of amides is 1. The first-order valence-electron chi connectivity index (χ1n) is 9.62. The second kappa shape index (κ2) is 9.05. The lowest BCUT2D eigenvalue weighted by Crippen LogP contribution is -2.40. The Hall–Kier alpha value is -1.06. The molecule has 3 rings (SSSR count). The predicted molar refractivity (Wildman–Crippen MR) is 106 cm³/mol. The van der Waals surface area contributed by atoms with Crippen LogP contribution in [0.5, 0.6) is 0 Å². The predicted octanol–water partition coefficient (Wildman–Crippen LogP) is 4.54. The van der Waals surface area contributed by atoms with Crippen molar-refractivity contribution in [3.8, 4) is 0 Å². The van der Waals surface area contributed by atoms with Crippen LogP contribution in [0.3, 0.4) is 0 Å². The van der Waals surface area contributed by atoms with Crippen molar-refractivity contribution in [2.24, 2.45) is 11.8 Å². The number of hydrogen-bond acceptors (Lipinski definition) is 2. The Morgan fingerprint density at radius 3 is 2.44 bits per heavy atom. The topological polar surface area (TPSA) is 41.1 Å². The molecular weight excluding hydrogens is 332 g/mol. The molecule has 0 aliphatic carbocycles. The number of aryl methyl sites for hydroxylation is 1. The van der Waals surface area contributed by atoms with Crippen LogP contribution < -0.4 is 10.6 Å². The molecule has 1 aromatic rings. The number of carbonyl (C=O) groups is 1. The monoisotopic (exact) mass is 364 g/mol. The van der Waals surface area contributed by atoms with Crippen LogP contribution in [0.2, 0.25) is 0 Å². The third-order valence-electron chi connectivity index (χ3n) is 5.65. The van der Waals surface area contributed by atoms with E-state index >= 15 is 0 Å². The molecule has 140 valence electrons. The Morgan fingerprint density at radius 1 is 1.20 bits per heavy atom. The van der Waals surface area contributed by atoms with Gasteiger partial charge < -0.3 is 10.6 Å². The highest BCUT2D eigenvalue weighted by Crippen LogP contribution is 2.33. The van der Waals surface area contributed by atoms with Gasteiger partial charge in [-0.2, -0.15) is 0 Å². The maximum absolute atomic E-state index is 12.7. The summed E-state index contributed by atoms with van der Waals surface area (Å²) in [5.74, 6) is 1.35. The molecule has 0 aromatic heterocycles. The van der Waals surface area contributed by atoms with E-state index in [4.69, 9.17) is 0 Å². The average molecular weight is 365 g/mol. The summed E-state index contributed by atoms with van der Waals surface area (Å²) in [6, 6.07) is 9.89. The lowest BCUT2D eigenvalue weighted by Gasteiger charge is -2.29. The number of piperidine rings is 1. The Kier molecular flexibility index (Phi) is 7.33. The van der Waals surface area contributed by atoms with E-state index in [2.05, 4.69) is 55.7 Å². The van der Waals surface area contributed by atoms with Crippen molar-refractivity contribution in [3.05, 3.63) is 35.4 Å². The molecule has 0 radical (unpaired) electrons. The van der Waals surface area contributed by atoms with Gasteiger partial charge >= 0.3 is 0 Å². The molecule has 1 aromatic carbocycles. The standard InChI is InChI=1S/C21H32N2O.ClH/c1-14(2)10-20(19-7-5-4-6-15(19)3)23-21(24)13-16-11-17-8-9-18(12-16)22-17;/h4-7,14,16-18,20,22H,8-13H2,1-3H3,(H,23,24);1H. The third kappa shape index (κ3) is 5.46. The van der Waals surface area contributed by atoms with Crippen molar-refractivity contribution >= 4 is 18.3 Å². The Morgan fingerprint density at radius 2 is 1.84 bits per heavy atom. The van der Waals surface area contributed by atoms with Gasteiger partial charge in [-0.3, -0.25) is 4.79 Å². The highest BCUT2D eigenvalue weighted by Gasteiger charge is 2.34. The fourth-order valence-corrected chi connectivity index (χ4v) is 4.57. The van der Waals surface area contributed by atoms with Crippen molar-refractivity contribution in [1.82, 2.24) is 10.6 Å². The van der Waals surface area contributed by atoms with Crippen LogP contribution in [0, 0.1) is 18.8 Å². The van der Waals surface area contributed by atoms with Crippen LogP contribution in [0.1, 0.15) is 69.5 Å². The highest BCUT2D eigenvalue weighted by molar-refractivity contribution is 5.85. The summed E-state index contributed by atoms with van der Waals surface area (Å²) in [4.78, 5) is 12.7. The zero-order valence-corrected chi connectivity index (χ0v) is 16.6. The second-order valence-electron chi connectivity index (χ2n) is 8.29. The van der Waals surface area contributed by atoms with Gasteiger partial charge in [0.25, 0.3) is 0 Å². The van der Waals surface area contributed by atoms with Crippen LogP contribution in [-0.4, -0.2) is 18.0 Å². The summed E-state index contributed by atoms with van der Waals surface area (Å²) in [7, 11) is 0. The van der Waals surface area contributed by atoms with Gasteiger partial charge in [-0.25, -0.2) is 0 Å². The van der Waals surface area contributed by atoms with Gasteiger partial charge in [0.1, 0.15) is 0 Å². The van der Waals surface area contributed by atoms with Crippen molar-refractivity contribution in [1.29, 1.82) is 0 Å². The fourth-order valence-electron chi connectivity index (χ4n) is 4.57. The zero-order valence-electron chi connectivity index (χ0n) is 15.8. The molecule has 0 spiro atoms. The van der Waals surface area contributed by atoms with Gasteiger partial charge in [-0.1, -0.05) is 38.1 Å². The van der Waals surface area contributed by atoms with Gasteiger partial charge in [0, 0.05) is 18.5 Å². The van der Waals surface area contributed by atoms with Crippen molar-refractivity contribution < 1.29 is 4.79 Å². The molecule has 2 aliphatic heterocycles. The van der Waals surface area contributed by atoms with E-state index in [0.29, 0.717) is 30.3 Å². The van der Waals surface area contributed by atoms with Gasteiger partial charge in [0.15, 0.2) is 0 Å². The van der Waals surface area contributed by atoms with E-state index in [1.165, 1.54) is 36.8 Å². The van der Waals surface area contributed by atoms with Crippen molar-refractivity contribution in [3.63, 3.8) is 0 Å². The molecule has 4 heteroatoms. The first-order valence-corrected chi connectivity index (χ1v) is 9.62. The summed E-state index contributed by atoms with van der Waals surface area (Å²) >= 11 is 0. The molecule has 3 unspecified atom stereocenters. The zero-order chi connectivity index (χ0) is 17.1. The Bertz CT molecular complexity index is 563. The molecule has 0 saturated carbocycles. The largest absolute Gasteiger partial charge is 0.349 e. The summed E-state index contributed by atoms with van der Waals surface area (Å²) in [6.45, 7) is 6.59. The van der Waals surface area contributed by atoms with Gasteiger partial charge in [-0.15, -0.1) is 12.4 Å². The molecule has 2 fully saturated rings. The minimum atomic E-state index is 0. The summed E-state index contributed by atoms with van der Waals surface area (Å²) in [5.41, 5.74) is 2.54. The molecule has 3 atom stereocenters. The maximum atomic E-state index is 12.7. The van der Waals surface area contributed by atoms with Crippen LogP contribution in [0.15, 0.2) is 24.3 Å². The van der Waals surface area contributed by atoms with Crippen molar-refractivity contribution in [2.75, 3.05) is 0 Å². The SMILES string of the molecule is Cc1ccccc1C(CC(C)C)NC(=O)CC1CC2CCC(C1)N2.Cl. The number of rotatable bonds is 6. The first-order chi connectivity index (χ1) is 11.5. The fraction of sp³-hybridized carbons (Fsp3) is 0.667. The first kappa shape index (κ1) is 20.3. The second-order valence-corrected chi connectivity index (χ2v) is 8.29. The highest BCUT2D eigenvalue weighted by atomic mass is 35.5. The molecule has 2 aliphatic rings. The molecule has 2 heterocycles. The average Bonchev–Trinajstić information content (AvgIpc) is 2.85. The number of fused-ring (bicyclic) bond motifs is 2. The van der Waals surface area contributed by atoms with Gasteiger partial charge in [0.2, 0.25) is 5.91 Å². The minimum Gasteiger partial charge on any atom is -0.349 e. The molecular formula is C21H33ClN2O. The Labute approximate surface area is 158 Å². The number of benzene rings is 1. The maximum Gasteiger partial charge on any atom is 0.220 e. The normalized spacial score (nSPS) is 26.2. The van der Waals surface area contributed by atoms with Crippen LogP contribution in [-0.2, 0) is 4.79 Å². The molecule has 1 amide bonds. The lowest BCUT2D eigenvalue weighted by atomic mass is 9.88. The van der Waals surface area contributed by atoms with Crippen LogP contribution in [0.25, 0.3) is 0 Å². The number of nitrogens with one attached hydrogen (secondary N) is 2. The number of halogens is 1. The number of hydrogen-bond donors (Lipinski definition) is 2. The van der Waals surface area contributed by atoms with Crippen molar-refractivity contribution in [2.45, 2.75) is 77.4 Å².